The van der Waals surface area contributed by atoms with Gasteiger partial charge in [0.2, 0.25) is 5.88 Å². The molecule has 2 rings (SSSR count). The molecule has 84 valence electrons. The van der Waals surface area contributed by atoms with Crippen molar-refractivity contribution in [2.45, 2.75) is 6.92 Å². The van der Waals surface area contributed by atoms with E-state index in [1.54, 1.807) is 13.3 Å². The lowest BCUT2D eigenvalue weighted by Gasteiger charge is -2.10. The van der Waals surface area contributed by atoms with E-state index in [1.807, 2.05) is 19.1 Å². The van der Waals surface area contributed by atoms with Gasteiger partial charge >= 0.3 is 0 Å². The van der Waals surface area contributed by atoms with E-state index in [0.717, 1.165) is 11.1 Å². The van der Waals surface area contributed by atoms with Gasteiger partial charge in [0.05, 0.1) is 23.9 Å². The minimum atomic E-state index is 0.248. The van der Waals surface area contributed by atoms with Gasteiger partial charge in [-0.2, -0.15) is 0 Å². The molecule has 0 aliphatic rings. The molecule has 4 nitrogen and oxygen atoms in total. The zero-order chi connectivity index (χ0) is 11.7. The van der Waals surface area contributed by atoms with Crippen LogP contribution in [0, 0.1) is 6.92 Å². The lowest BCUT2D eigenvalue weighted by atomic mass is 10.0. The summed E-state index contributed by atoms with van der Waals surface area (Å²) in [5.74, 6) is 0.848. The monoisotopic (exact) mass is 238 g/mol. The standard InChI is InChI=1S/C11H11ClN2O2/c1-6-3-4-8(15-2)10(12)9(6)7-5-14-16-11(7)13/h3-5H,13H2,1-2H3. The molecule has 16 heavy (non-hydrogen) atoms. The second kappa shape index (κ2) is 4.06. The molecule has 0 fully saturated rings. The average molecular weight is 239 g/mol. The summed E-state index contributed by atoms with van der Waals surface area (Å²) in [4.78, 5) is 0. The van der Waals surface area contributed by atoms with Crippen LogP contribution in [0.1, 0.15) is 5.56 Å². The molecule has 0 unspecified atom stereocenters. The second-order valence-corrected chi connectivity index (χ2v) is 3.76. The van der Waals surface area contributed by atoms with Crippen LogP contribution in [0.5, 0.6) is 5.75 Å². The van der Waals surface area contributed by atoms with E-state index >= 15 is 0 Å². The first-order valence-electron chi connectivity index (χ1n) is 4.68. The van der Waals surface area contributed by atoms with Crippen LogP contribution in [-0.2, 0) is 0 Å². The molecule has 1 aromatic heterocycles. The molecule has 0 aliphatic heterocycles. The molecular weight excluding hydrogens is 228 g/mol. The Morgan fingerprint density at radius 3 is 2.75 bits per heavy atom. The molecule has 2 N–H and O–H groups in total. The number of aromatic nitrogens is 1. The Kier molecular flexibility index (Phi) is 2.75. The second-order valence-electron chi connectivity index (χ2n) is 3.38. The van der Waals surface area contributed by atoms with E-state index < -0.39 is 0 Å². The molecule has 0 saturated carbocycles. The van der Waals surface area contributed by atoms with Crippen LogP contribution in [0.25, 0.3) is 11.1 Å². The summed E-state index contributed by atoms with van der Waals surface area (Å²) in [6.45, 7) is 1.94. The van der Waals surface area contributed by atoms with Crippen molar-refractivity contribution in [2.24, 2.45) is 0 Å². The van der Waals surface area contributed by atoms with Crippen molar-refractivity contribution >= 4 is 17.5 Å². The minimum Gasteiger partial charge on any atom is -0.495 e. The molecule has 0 aliphatic carbocycles. The summed E-state index contributed by atoms with van der Waals surface area (Å²) >= 11 is 6.23. The highest BCUT2D eigenvalue weighted by Crippen LogP contribution is 2.39. The van der Waals surface area contributed by atoms with Crippen molar-refractivity contribution in [1.29, 1.82) is 0 Å². The molecule has 5 heteroatoms. The fourth-order valence-electron chi connectivity index (χ4n) is 1.58. The number of rotatable bonds is 2. The molecular formula is C11H11ClN2O2. The Morgan fingerprint density at radius 1 is 1.44 bits per heavy atom. The van der Waals surface area contributed by atoms with Gasteiger partial charge in [-0.15, -0.1) is 0 Å². The number of nitrogens with two attached hydrogens (primary N) is 1. The summed E-state index contributed by atoms with van der Waals surface area (Å²) in [5.41, 5.74) is 8.13. The summed E-state index contributed by atoms with van der Waals surface area (Å²) in [6.07, 6.45) is 1.54. The van der Waals surface area contributed by atoms with Gasteiger partial charge in [0.15, 0.2) is 0 Å². The smallest absolute Gasteiger partial charge is 0.230 e. The van der Waals surface area contributed by atoms with Crippen LogP contribution in [0.4, 0.5) is 5.88 Å². The molecule has 0 bridgehead atoms. The lowest BCUT2D eigenvalue weighted by molar-refractivity contribution is 0.415. The van der Waals surface area contributed by atoms with Crippen molar-refractivity contribution in [1.82, 2.24) is 5.16 Å². The van der Waals surface area contributed by atoms with Crippen molar-refractivity contribution in [3.8, 4) is 16.9 Å². The number of aryl methyl sites for hydroxylation is 1. The molecule has 0 atom stereocenters. The first kappa shape index (κ1) is 10.8. The van der Waals surface area contributed by atoms with Gasteiger partial charge in [0.1, 0.15) is 5.75 Å². The maximum atomic E-state index is 6.23. The third kappa shape index (κ3) is 1.61. The van der Waals surface area contributed by atoms with E-state index in [-0.39, 0.29) is 5.88 Å². The van der Waals surface area contributed by atoms with Crippen LogP contribution in [-0.4, -0.2) is 12.3 Å². The lowest BCUT2D eigenvalue weighted by Crippen LogP contribution is -1.92. The zero-order valence-electron chi connectivity index (χ0n) is 8.95. The number of benzene rings is 1. The van der Waals surface area contributed by atoms with Crippen LogP contribution < -0.4 is 10.5 Å². The zero-order valence-corrected chi connectivity index (χ0v) is 9.71. The van der Waals surface area contributed by atoms with Crippen LogP contribution in [0.2, 0.25) is 5.02 Å². The van der Waals surface area contributed by atoms with Crippen LogP contribution >= 0.6 is 11.6 Å². The Morgan fingerprint density at radius 2 is 2.19 bits per heavy atom. The number of anilines is 1. The van der Waals surface area contributed by atoms with E-state index in [4.69, 9.17) is 26.6 Å². The van der Waals surface area contributed by atoms with Crippen molar-refractivity contribution < 1.29 is 9.26 Å². The average Bonchev–Trinajstić information content (AvgIpc) is 2.66. The number of ether oxygens (including phenoxy) is 1. The Labute approximate surface area is 97.9 Å². The predicted molar refractivity (Wildman–Crippen MR) is 62.7 cm³/mol. The molecule has 0 radical (unpaired) electrons. The minimum absolute atomic E-state index is 0.248. The van der Waals surface area contributed by atoms with Gasteiger partial charge in [-0.1, -0.05) is 22.8 Å². The summed E-state index contributed by atoms with van der Waals surface area (Å²) in [5, 5.41) is 4.15. The third-order valence-corrected chi connectivity index (χ3v) is 2.78. The van der Waals surface area contributed by atoms with Gasteiger partial charge in [0.25, 0.3) is 0 Å². The van der Waals surface area contributed by atoms with Gasteiger partial charge < -0.3 is 15.0 Å². The SMILES string of the molecule is COc1ccc(C)c(-c2cnoc2N)c1Cl. The van der Waals surface area contributed by atoms with Crippen LogP contribution in [0.3, 0.4) is 0 Å². The predicted octanol–water partition coefficient (Wildman–Crippen LogP) is 2.89. The Balaban J connectivity index is 2.69. The first-order chi connectivity index (χ1) is 7.65. The Bertz CT molecular complexity index is 523. The molecule has 1 aromatic carbocycles. The first-order valence-corrected chi connectivity index (χ1v) is 5.06. The highest BCUT2D eigenvalue weighted by molar-refractivity contribution is 6.35. The maximum Gasteiger partial charge on any atom is 0.230 e. The molecule has 2 aromatic rings. The number of hydrogen-bond acceptors (Lipinski definition) is 4. The molecule has 0 spiro atoms. The van der Waals surface area contributed by atoms with Crippen LogP contribution in [0.15, 0.2) is 22.9 Å². The van der Waals surface area contributed by atoms with E-state index in [0.29, 0.717) is 16.3 Å². The van der Waals surface area contributed by atoms with Gasteiger partial charge in [-0.25, -0.2) is 0 Å². The fourth-order valence-corrected chi connectivity index (χ4v) is 1.97. The Hall–Kier alpha value is -1.68. The van der Waals surface area contributed by atoms with Crippen molar-refractivity contribution in [3.05, 3.63) is 28.9 Å². The normalized spacial score (nSPS) is 10.4. The molecule has 0 saturated heterocycles. The van der Waals surface area contributed by atoms with E-state index in [1.165, 1.54) is 0 Å². The van der Waals surface area contributed by atoms with Crippen molar-refractivity contribution in [3.63, 3.8) is 0 Å². The largest absolute Gasteiger partial charge is 0.495 e. The quantitative estimate of drug-likeness (QED) is 0.874. The molecule has 0 amide bonds. The molecule has 1 heterocycles. The third-order valence-electron chi connectivity index (χ3n) is 2.40. The topological polar surface area (TPSA) is 61.3 Å². The van der Waals surface area contributed by atoms with E-state index in [9.17, 15) is 0 Å². The number of nitrogens with zero attached hydrogens (tertiary/aromatic N) is 1. The summed E-state index contributed by atoms with van der Waals surface area (Å²) < 4.78 is 9.99. The highest BCUT2D eigenvalue weighted by atomic mass is 35.5. The van der Waals surface area contributed by atoms with Gasteiger partial charge in [0, 0.05) is 5.56 Å². The number of methoxy groups -OCH3 is 1. The summed E-state index contributed by atoms with van der Waals surface area (Å²) in [7, 11) is 1.57. The van der Waals surface area contributed by atoms with E-state index in [2.05, 4.69) is 5.16 Å². The maximum absolute atomic E-state index is 6.23. The van der Waals surface area contributed by atoms with Gasteiger partial charge in [-0.3, -0.25) is 0 Å². The number of halogens is 1. The highest BCUT2D eigenvalue weighted by Gasteiger charge is 2.16. The number of nitrogen functional groups attached to an aromatic ring is 1. The van der Waals surface area contributed by atoms with Crippen molar-refractivity contribution in [2.75, 3.05) is 12.8 Å². The summed E-state index contributed by atoms with van der Waals surface area (Å²) in [6, 6.07) is 3.72. The number of hydrogen-bond donors (Lipinski definition) is 1. The van der Waals surface area contributed by atoms with Gasteiger partial charge in [-0.05, 0) is 18.6 Å². The fraction of sp³-hybridized carbons (Fsp3) is 0.182.